The highest BCUT2D eigenvalue weighted by atomic mass is 16.5. The van der Waals surface area contributed by atoms with E-state index in [4.69, 9.17) is 15.2 Å². The second kappa shape index (κ2) is 6.18. The van der Waals surface area contributed by atoms with Gasteiger partial charge in [-0.3, -0.25) is 4.79 Å². The molecule has 5 nitrogen and oxygen atoms in total. The van der Waals surface area contributed by atoms with Crippen molar-refractivity contribution >= 4 is 5.91 Å². The van der Waals surface area contributed by atoms with Crippen LogP contribution in [0.1, 0.15) is 25.7 Å². The second-order valence-corrected chi connectivity index (χ2v) is 4.37. The van der Waals surface area contributed by atoms with Gasteiger partial charge in [-0.15, -0.1) is 0 Å². The van der Waals surface area contributed by atoms with Gasteiger partial charge in [0.25, 0.3) is 0 Å². The number of methoxy groups -OCH3 is 2. The fraction of sp³-hybridized carbons (Fsp3) is 0.909. The van der Waals surface area contributed by atoms with E-state index in [1.165, 1.54) is 0 Å². The van der Waals surface area contributed by atoms with Crippen LogP contribution in [0.2, 0.25) is 0 Å². The first-order valence-electron chi connectivity index (χ1n) is 5.69. The Morgan fingerprint density at radius 2 is 2.19 bits per heavy atom. The summed E-state index contributed by atoms with van der Waals surface area (Å²) in [5.74, 6) is -0.00551. The molecule has 0 aromatic rings. The van der Waals surface area contributed by atoms with Crippen molar-refractivity contribution in [1.82, 2.24) is 5.32 Å². The molecule has 3 N–H and O–H groups in total. The lowest BCUT2D eigenvalue weighted by atomic mass is 9.77. The molecule has 1 unspecified atom stereocenters. The first-order valence-corrected chi connectivity index (χ1v) is 5.69. The monoisotopic (exact) mass is 230 g/mol. The third kappa shape index (κ3) is 3.43. The molecule has 0 heterocycles. The third-order valence-corrected chi connectivity index (χ3v) is 3.20. The molecule has 0 saturated heterocycles. The van der Waals surface area contributed by atoms with Crippen molar-refractivity contribution in [3.05, 3.63) is 0 Å². The zero-order valence-electron chi connectivity index (χ0n) is 10.1. The van der Waals surface area contributed by atoms with E-state index in [1.54, 1.807) is 14.2 Å². The third-order valence-electron chi connectivity index (χ3n) is 3.20. The Labute approximate surface area is 96.7 Å². The number of nitrogens with one attached hydrogen (secondary N) is 1. The zero-order valence-corrected chi connectivity index (χ0v) is 10.1. The number of nitrogens with two attached hydrogens (primary N) is 1. The van der Waals surface area contributed by atoms with Crippen molar-refractivity contribution in [2.24, 2.45) is 5.73 Å². The molecular formula is C11H22N2O3. The summed E-state index contributed by atoms with van der Waals surface area (Å²) in [5.41, 5.74) is 5.30. The summed E-state index contributed by atoms with van der Waals surface area (Å²) < 4.78 is 10.4. The van der Waals surface area contributed by atoms with E-state index in [-0.39, 0.29) is 17.6 Å². The molecule has 0 aromatic heterocycles. The van der Waals surface area contributed by atoms with Gasteiger partial charge < -0.3 is 20.5 Å². The Bertz CT molecular complexity index is 224. The van der Waals surface area contributed by atoms with E-state index in [9.17, 15) is 4.79 Å². The predicted molar refractivity (Wildman–Crippen MR) is 61.1 cm³/mol. The van der Waals surface area contributed by atoms with E-state index in [0.29, 0.717) is 19.6 Å². The molecule has 1 atom stereocenters. The second-order valence-electron chi connectivity index (χ2n) is 4.37. The normalized spacial score (nSPS) is 19.9. The van der Waals surface area contributed by atoms with Gasteiger partial charge in [-0.1, -0.05) is 0 Å². The molecule has 5 heteroatoms. The van der Waals surface area contributed by atoms with Crippen LogP contribution in [0.3, 0.4) is 0 Å². The van der Waals surface area contributed by atoms with Gasteiger partial charge in [-0.2, -0.15) is 0 Å². The summed E-state index contributed by atoms with van der Waals surface area (Å²) in [4.78, 5) is 11.8. The molecule has 1 aliphatic rings. The van der Waals surface area contributed by atoms with Crippen LogP contribution in [0.4, 0.5) is 0 Å². The molecule has 94 valence electrons. The molecule has 16 heavy (non-hydrogen) atoms. The fourth-order valence-electron chi connectivity index (χ4n) is 1.97. The first kappa shape index (κ1) is 13.4. The Kier molecular flexibility index (Phi) is 5.18. The van der Waals surface area contributed by atoms with Crippen LogP contribution in [-0.4, -0.2) is 44.9 Å². The Morgan fingerprint density at radius 1 is 1.50 bits per heavy atom. The van der Waals surface area contributed by atoms with E-state index >= 15 is 0 Å². The van der Waals surface area contributed by atoms with Crippen LogP contribution >= 0.6 is 0 Å². The summed E-state index contributed by atoms with van der Waals surface area (Å²) in [6.07, 6.45) is 3.49. The van der Waals surface area contributed by atoms with Crippen molar-refractivity contribution < 1.29 is 14.3 Å². The molecular weight excluding hydrogens is 208 g/mol. The number of amides is 1. The highest BCUT2D eigenvalue weighted by molar-refractivity contribution is 5.77. The Balaban J connectivity index is 2.34. The zero-order chi connectivity index (χ0) is 12.0. The minimum Gasteiger partial charge on any atom is -0.383 e. The largest absolute Gasteiger partial charge is 0.383 e. The number of carbonyl (C=O) groups excluding carboxylic acids is 1. The van der Waals surface area contributed by atoms with Gasteiger partial charge in [-0.05, 0) is 19.3 Å². The van der Waals surface area contributed by atoms with Crippen molar-refractivity contribution in [3.8, 4) is 0 Å². The van der Waals surface area contributed by atoms with Crippen molar-refractivity contribution in [3.63, 3.8) is 0 Å². The lowest BCUT2D eigenvalue weighted by molar-refractivity contribution is -0.135. The number of ether oxygens (including phenoxy) is 2. The Morgan fingerprint density at radius 3 is 2.56 bits per heavy atom. The predicted octanol–water partition coefficient (Wildman–Crippen LogP) is 0.0355. The molecule has 0 radical (unpaired) electrons. The average Bonchev–Trinajstić information content (AvgIpc) is 2.23. The van der Waals surface area contributed by atoms with Crippen LogP contribution in [0, 0.1) is 0 Å². The standard InChI is InChI=1S/C11H22N2O3/c1-15-8-9(7-12)13-10(14)6-11(16-2)4-3-5-11/h9H,3-8,12H2,1-2H3,(H,13,14). The topological polar surface area (TPSA) is 73.6 Å². The molecule has 0 aliphatic heterocycles. The summed E-state index contributed by atoms with van der Waals surface area (Å²) in [6, 6.07) is -0.105. The van der Waals surface area contributed by atoms with Crippen molar-refractivity contribution in [1.29, 1.82) is 0 Å². The summed E-state index contributed by atoms with van der Waals surface area (Å²) >= 11 is 0. The molecule has 1 amide bonds. The smallest absolute Gasteiger partial charge is 0.223 e. The van der Waals surface area contributed by atoms with Gasteiger partial charge in [0.1, 0.15) is 0 Å². The van der Waals surface area contributed by atoms with Crippen LogP contribution in [0.25, 0.3) is 0 Å². The molecule has 1 aliphatic carbocycles. The highest BCUT2D eigenvalue weighted by Gasteiger charge is 2.39. The number of rotatable bonds is 7. The maximum Gasteiger partial charge on any atom is 0.223 e. The summed E-state index contributed by atoms with van der Waals surface area (Å²) in [6.45, 7) is 0.835. The molecule has 0 bridgehead atoms. The van der Waals surface area contributed by atoms with E-state index in [2.05, 4.69) is 5.32 Å². The van der Waals surface area contributed by atoms with Crippen molar-refractivity contribution in [2.45, 2.75) is 37.3 Å². The maximum absolute atomic E-state index is 11.8. The summed E-state index contributed by atoms with van der Waals surface area (Å²) in [5, 5.41) is 2.86. The van der Waals surface area contributed by atoms with E-state index < -0.39 is 0 Å². The lowest BCUT2D eigenvalue weighted by Gasteiger charge is -2.40. The van der Waals surface area contributed by atoms with Gasteiger partial charge in [0.15, 0.2) is 0 Å². The van der Waals surface area contributed by atoms with Crippen LogP contribution in [0.5, 0.6) is 0 Å². The maximum atomic E-state index is 11.8. The van der Waals surface area contributed by atoms with E-state index in [1.807, 2.05) is 0 Å². The first-order chi connectivity index (χ1) is 7.65. The molecule has 1 rings (SSSR count). The minimum absolute atomic E-state index is 0.00551. The number of hydrogen-bond acceptors (Lipinski definition) is 4. The van der Waals surface area contributed by atoms with Gasteiger partial charge in [0.2, 0.25) is 5.91 Å². The van der Waals surface area contributed by atoms with Crippen LogP contribution in [-0.2, 0) is 14.3 Å². The fourth-order valence-corrected chi connectivity index (χ4v) is 1.97. The SMILES string of the molecule is COCC(CN)NC(=O)CC1(OC)CCC1. The van der Waals surface area contributed by atoms with Crippen molar-refractivity contribution in [2.75, 3.05) is 27.4 Å². The van der Waals surface area contributed by atoms with Crippen LogP contribution < -0.4 is 11.1 Å². The van der Waals surface area contributed by atoms with Crippen LogP contribution in [0.15, 0.2) is 0 Å². The van der Waals surface area contributed by atoms with Gasteiger partial charge in [0, 0.05) is 20.8 Å². The highest BCUT2D eigenvalue weighted by Crippen LogP contribution is 2.37. The number of carbonyl (C=O) groups is 1. The van der Waals surface area contributed by atoms with Gasteiger partial charge in [-0.25, -0.2) is 0 Å². The molecule has 1 saturated carbocycles. The summed E-state index contributed by atoms with van der Waals surface area (Å²) in [7, 11) is 3.26. The van der Waals surface area contributed by atoms with Gasteiger partial charge >= 0.3 is 0 Å². The quantitative estimate of drug-likeness (QED) is 0.647. The molecule has 0 aromatic carbocycles. The Hall–Kier alpha value is -0.650. The minimum atomic E-state index is -0.226. The lowest BCUT2D eigenvalue weighted by Crippen LogP contribution is -2.48. The number of hydrogen-bond donors (Lipinski definition) is 2. The molecule has 1 fully saturated rings. The van der Waals surface area contributed by atoms with E-state index in [0.717, 1.165) is 19.3 Å². The average molecular weight is 230 g/mol. The van der Waals surface area contributed by atoms with Gasteiger partial charge in [0.05, 0.1) is 24.7 Å². The molecule has 0 spiro atoms.